The topological polar surface area (TPSA) is 90.1 Å². The molecule has 2 aromatic rings. The van der Waals surface area contributed by atoms with Crippen LogP contribution in [0.3, 0.4) is 0 Å². The van der Waals surface area contributed by atoms with Gasteiger partial charge in [0, 0.05) is 11.8 Å². The Morgan fingerprint density at radius 3 is 2.47 bits per heavy atom. The number of hydrogen-bond donors (Lipinski definition) is 3. The van der Waals surface area contributed by atoms with E-state index in [0.717, 1.165) is 0 Å². The summed E-state index contributed by atoms with van der Waals surface area (Å²) in [6.07, 6.45) is 1.36. The summed E-state index contributed by atoms with van der Waals surface area (Å²) in [5.74, 6) is -1.17. The molecule has 0 bridgehead atoms. The molecule has 3 N–H and O–H groups in total. The molecule has 0 amide bonds. The highest BCUT2D eigenvalue weighted by Crippen LogP contribution is 2.27. The number of hydrogen-bond acceptors (Lipinski definition) is 4. The Morgan fingerprint density at radius 1 is 1.05 bits per heavy atom. The number of aliphatic imine (C=N–C) groups is 1. The predicted octanol–water partition coefficient (Wildman–Crippen LogP) is 2.55. The zero-order chi connectivity index (χ0) is 13.8. The maximum absolute atomic E-state index is 10.8. The van der Waals surface area contributed by atoms with Gasteiger partial charge in [-0.15, -0.1) is 0 Å². The molecule has 0 aliphatic rings. The second kappa shape index (κ2) is 5.22. The fourth-order valence-electron chi connectivity index (χ4n) is 1.50. The van der Waals surface area contributed by atoms with Crippen molar-refractivity contribution in [1.82, 2.24) is 0 Å². The van der Waals surface area contributed by atoms with Crippen LogP contribution in [0.2, 0.25) is 0 Å². The molecule has 0 spiro atoms. The second-order valence-electron chi connectivity index (χ2n) is 3.83. The van der Waals surface area contributed by atoms with Crippen molar-refractivity contribution in [3.05, 3.63) is 53.6 Å². The lowest BCUT2D eigenvalue weighted by atomic mass is 10.2. The number of rotatable bonds is 3. The highest BCUT2D eigenvalue weighted by molar-refractivity contribution is 5.90. The maximum atomic E-state index is 10.8. The molecule has 0 saturated heterocycles. The first-order valence-electron chi connectivity index (χ1n) is 5.46. The van der Waals surface area contributed by atoms with E-state index in [9.17, 15) is 15.0 Å². The Labute approximate surface area is 109 Å². The van der Waals surface area contributed by atoms with Crippen molar-refractivity contribution in [2.75, 3.05) is 0 Å². The number of phenolic OH excluding ortho intramolecular Hbond substituents is 2. The van der Waals surface area contributed by atoms with E-state index in [2.05, 4.69) is 4.99 Å². The number of nitrogens with zero attached hydrogens (tertiary/aromatic N) is 1. The monoisotopic (exact) mass is 257 g/mol. The van der Waals surface area contributed by atoms with Crippen molar-refractivity contribution in [3.8, 4) is 11.5 Å². The Bertz CT molecular complexity index is 650. The van der Waals surface area contributed by atoms with E-state index >= 15 is 0 Å². The summed E-state index contributed by atoms with van der Waals surface area (Å²) in [7, 11) is 0. The van der Waals surface area contributed by atoms with E-state index in [1.165, 1.54) is 30.5 Å². The van der Waals surface area contributed by atoms with Gasteiger partial charge in [0.2, 0.25) is 0 Å². The van der Waals surface area contributed by atoms with E-state index in [1.807, 2.05) is 0 Å². The molecule has 2 aromatic carbocycles. The van der Waals surface area contributed by atoms with Crippen LogP contribution in [0.25, 0.3) is 0 Å². The Morgan fingerprint density at radius 2 is 1.79 bits per heavy atom. The number of phenols is 2. The van der Waals surface area contributed by atoms with Gasteiger partial charge in [0.05, 0.1) is 5.56 Å². The van der Waals surface area contributed by atoms with Crippen molar-refractivity contribution in [3.63, 3.8) is 0 Å². The molecular formula is C14H11NO4. The number of carboxylic acid groups (broad SMARTS) is 1. The molecular weight excluding hydrogens is 246 g/mol. The Kier molecular flexibility index (Phi) is 3.47. The van der Waals surface area contributed by atoms with Gasteiger partial charge in [-0.3, -0.25) is 4.99 Å². The van der Waals surface area contributed by atoms with Crippen LogP contribution in [-0.4, -0.2) is 27.5 Å². The van der Waals surface area contributed by atoms with Crippen molar-refractivity contribution >= 4 is 17.9 Å². The molecule has 0 radical (unpaired) electrons. The minimum atomic E-state index is -1.10. The number of aromatic carboxylic acids is 1. The van der Waals surface area contributed by atoms with E-state index < -0.39 is 5.97 Å². The van der Waals surface area contributed by atoms with Crippen LogP contribution in [0, 0.1) is 0 Å². The molecule has 5 nitrogen and oxygen atoms in total. The molecule has 0 fully saturated rings. The third-order valence-corrected chi connectivity index (χ3v) is 2.50. The van der Waals surface area contributed by atoms with Crippen LogP contribution in [0.5, 0.6) is 11.5 Å². The second-order valence-corrected chi connectivity index (χ2v) is 3.83. The number of carbonyl (C=O) groups is 1. The zero-order valence-electron chi connectivity index (χ0n) is 9.82. The van der Waals surface area contributed by atoms with Gasteiger partial charge in [0.1, 0.15) is 17.2 Å². The molecule has 0 aliphatic carbocycles. The van der Waals surface area contributed by atoms with E-state index in [4.69, 9.17) is 5.11 Å². The lowest BCUT2D eigenvalue weighted by Crippen LogP contribution is -1.94. The van der Waals surface area contributed by atoms with E-state index in [-0.39, 0.29) is 22.7 Å². The third kappa shape index (κ3) is 2.90. The predicted molar refractivity (Wildman–Crippen MR) is 70.4 cm³/mol. The molecule has 96 valence electrons. The van der Waals surface area contributed by atoms with Gasteiger partial charge in [0.25, 0.3) is 0 Å². The van der Waals surface area contributed by atoms with Gasteiger partial charge in [-0.25, -0.2) is 4.79 Å². The molecule has 2 rings (SSSR count). The van der Waals surface area contributed by atoms with Crippen molar-refractivity contribution in [2.45, 2.75) is 0 Å². The number of benzene rings is 2. The molecule has 0 aromatic heterocycles. The van der Waals surface area contributed by atoms with Gasteiger partial charge < -0.3 is 15.3 Å². The average Bonchev–Trinajstić information content (AvgIpc) is 2.39. The quantitative estimate of drug-likeness (QED) is 0.737. The summed E-state index contributed by atoms with van der Waals surface area (Å²) in [6.45, 7) is 0. The van der Waals surface area contributed by atoms with Crippen LogP contribution in [0.1, 0.15) is 15.9 Å². The largest absolute Gasteiger partial charge is 0.507 e. The van der Waals surface area contributed by atoms with Gasteiger partial charge in [-0.1, -0.05) is 12.1 Å². The summed E-state index contributed by atoms with van der Waals surface area (Å²) in [4.78, 5) is 14.8. The van der Waals surface area contributed by atoms with E-state index in [0.29, 0.717) is 5.56 Å². The summed E-state index contributed by atoms with van der Waals surface area (Å²) in [6, 6.07) is 10.4. The van der Waals surface area contributed by atoms with Crippen molar-refractivity contribution in [2.24, 2.45) is 4.99 Å². The first-order valence-corrected chi connectivity index (χ1v) is 5.46. The molecule has 0 aliphatic heterocycles. The van der Waals surface area contributed by atoms with Crippen molar-refractivity contribution in [1.29, 1.82) is 0 Å². The molecule has 19 heavy (non-hydrogen) atoms. The van der Waals surface area contributed by atoms with Gasteiger partial charge in [-0.2, -0.15) is 0 Å². The molecule has 0 unspecified atom stereocenters. The Hall–Kier alpha value is -2.82. The highest BCUT2D eigenvalue weighted by Gasteiger charge is 2.06. The number of aromatic hydroxyl groups is 2. The van der Waals surface area contributed by atoms with Crippen LogP contribution in [0.15, 0.2) is 47.5 Å². The minimum Gasteiger partial charge on any atom is -0.507 e. The summed E-state index contributed by atoms with van der Waals surface area (Å²) in [5.41, 5.74) is 0.632. The van der Waals surface area contributed by atoms with Crippen LogP contribution >= 0.6 is 0 Å². The molecule has 0 heterocycles. The van der Waals surface area contributed by atoms with Gasteiger partial charge in [0.15, 0.2) is 0 Å². The summed E-state index contributed by atoms with van der Waals surface area (Å²) >= 11 is 0. The normalized spacial score (nSPS) is 10.7. The van der Waals surface area contributed by atoms with E-state index in [1.54, 1.807) is 18.2 Å². The molecule has 0 saturated carbocycles. The van der Waals surface area contributed by atoms with Crippen molar-refractivity contribution < 1.29 is 20.1 Å². The van der Waals surface area contributed by atoms with Crippen LogP contribution < -0.4 is 0 Å². The smallest absolute Gasteiger partial charge is 0.335 e. The first kappa shape index (κ1) is 12.6. The average molecular weight is 257 g/mol. The first-order chi connectivity index (χ1) is 9.08. The minimum absolute atomic E-state index is 0.0298. The lowest BCUT2D eigenvalue weighted by molar-refractivity contribution is 0.0697. The zero-order valence-corrected chi connectivity index (χ0v) is 9.82. The van der Waals surface area contributed by atoms with Crippen LogP contribution in [-0.2, 0) is 0 Å². The third-order valence-electron chi connectivity index (χ3n) is 2.50. The SMILES string of the molecule is O=C(O)c1ccc(O)c(N=Cc2ccccc2O)c1. The standard InChI is InChI=1S/C14H11NO4/c16-12-4-2-1-3-10(12)8-15-11-7-9(14(18)19)5-6-13(11)17/h1-8,16-17H,(H,18,19). The number of para-hydroxylation sites is 1. The number of carboxylic acids is 1. The van der Waals surface area contributed by atoms with Crippen LogP contribution in [0.4, 0.5) is 5.69 Å². The summed E-state index contributed by atoms with van der Waals surface area (Å²) in [5, 5.41) is 28.0. The maximum Gasteiger partial charge on any atom is 0.335 e. The molecule has 0 atom stereocenters. The van der Waals surface area contributed by atoms with Gasteiger partial charge >= 0.3 is 5.97 Å². The van der Waals surface area contributed by atoms with Gasteiger partial charge in [-0.05, 0) is 30.3 Å². The Balaban J connectivity index is 2.35. The lowest BCUT2D eigenvalue weighted by Gasteiger charge is -2.01. The highest BCUT2D eigenvalue weighted by atomic mass is 16.4. The summed E-state index contributed by atoms with van der Waals surface area (Å²) < 4.78 is 0. The molecule has 5 heteroatoms. The fourth-order valence-corrected chi connectivity index (χ4v) is 1.50. The fraction of sp³-hybridized carbons (Fsp3) is 0.